The molecular weight excluding hydrogens is 416 g/mol. The number of aryl methyl sites for hydroxylation is 2. The smallest absolute Gasteiger partial charge is 0.251 e. The number of nitrogens with one attached hydrogen (secondary N) is 1. The molecule has 1 atom stereocenters. The van der Waals surface area contributed by atoms with Crippen LogP contribution in [0.3, 0.4) is 0 Å². The molecule has 32 heavy (non-hydrogen) atoms. The summed E-state index contributed by atoms with van der Waals surface area (Å²) in [5, 5.41) is 2.99. The van der Waals surface area contributed by atoms with Crippen molar-refractivity contribution in [3.8, 4) is 0 Å². The van der Waals surface area contributed by atoms with E-state index in [0.717, 1.165) is 24.0 Å². The number of amides is 2. The Hall–Kier alpha value is -3.05. The van der Waals surface area contributed by atoms with E-state index in [9.17, 15) is 9.59 Å². The van der Waals surface area contributed by atoms with Crippen LogP contribution >= 0.6 is 11.8 Å². The Balaban J connectivity index is 1.31. The lowest BCUT2D eigenvalue weighted by molar-refractivity contribution is -0.128. The molecule has 2 amide bonds. The molecular formula is C27H28N2O2S. The van der Waals surface area contributed by atoms with E-state index >= 15 is 0 Å². The third-order valence-electron chi connectivity index (χ3n) is 5.63. The van der Waals surface area contributed by atoms with E-state index in [2.05, 4.69) is 36.5 Å². The van der Waals surface area contributed by atoms with Gasteiger partial charge in [0.25, 0.3) is 5.91 Å². The number of thioether (sulfide) groups is 1. The molecule has 1 heterocycles. The third-order valence-corrected chi connectivity index (χ3v) is 6.89. The Bertz CT molecular complexity index is 1070. The maximum Gasteiger partial charge on any atom is 0.251 e. The van der Waals surface area contributed by atoms with E-state index in [0.29, 0.717) is 24.4 Å². The second-order valence-electron chi connectivity index (χ2n) is 8.14. The number of hydrogen-bond acceptors (Lipinski definition) is 3. The van der Waals surface area contributed by atoms with Crippen LogP contribution < -0.4 is 5.32 Å². The molecule has 1 aliphatic rings. The molecule has 0 spiro atoms. The lowest BCUT2D eigenvalue weighted by atomic mass is 10.1. The Morgan fingerprint density at radius 1 is 1.00 bits per heavy atom. The van der Waals surface area contributed by atoms with E-state index in [4.69, 9.17) is 0 Å². The highest BCUT2D eigenvalue weighted by Gasteiger charge is 2.32. The van der Waals surface area contributed by atoms with E-state index < -0.39 is 0 Å². The summed E-state index contributed by atoms with van der Waals surface area (Å²) in [6, 6.07) is 26.2. The van der Waals surface area contributed by atoms with Crippen LogP contribution in [0.2, 0.25) is 0 Å². The van der Waals surface area contributed by atoms with Gasteiger partial charge in [0, 0.05) is 18.7 Å². The molecule has 0 radical (unpaired) electrons. The van der Waals surface area contributed by atoms with E-state index in [1.165, 1.54) is 11.1 Å². The fraction of sp³-hybridized carbons (Fsp3) is 0.259. The second-order valence-corrected chi connectivity index (χ2v) is 9.21. The summed E-state index contributed by atoms with van der Waals surface area (Å²) in [5.74, 6) is 0.581. The zero-order valence-electron chi connectivity index (χ0n) is 18.3. The van der Waals surface area contributed by atoms with Crippen molar-refractivity contribution in [2.75, 3.05) is 12.3 Å². The molecule has 3 aromatic rings. The summed E-state index contributed by atoms with van der Waals surface area (Å²) in [7, 11) is 0. The molecule has 1 aliphatic heterocycles. The Labute approximate surface area is 194 Å². The monoisotopic (exact) mass is 444 g/mol. The topological polar surface area (TPSA) is 49.4 Å². The highest BCUT2D eigenvalue weighted by atomic mass is 32.2. The molecule has 0 aliphatic carbocycles. The predicted molar refractivity (Wildman–Crippen MR) is 130 cm³/mol. The zero-order chi connectivity index (χ0) is 22.3. The number of rotatable bonds is 8. The van der Waals surface area contributed by atoms with Gasteiger partial charge in [-0.25, -0.2) is 0 Å². The summed E-state index contributed by atoms with van der Waals surface area (Å²) in [5.41, 5.74) is 5.37. The fourth-order valence-electron chi connectivity index (χ4n) is 3.94. The van der Waals surface area contributed by atoms with Crippen molar-refractivity contribution in [1.29, 1.82) is 0 Å². The van der Waals surface area contributed by atoms with Crippen LogP contribution in [0.5, 0.6) is 0 Å². The zero-order valence-corrected chi connectivity index (χ0v) is 19.1. The number of hydrogen-bond donors (Lipinski definition) is 1. The highest BCUT2D eigenvalue weighted by Crippen LogP contribution is 2.39. The van der Waals surface area contributed by atoms with Gasteiger partial charge in [-0.15, -0.1) is 11.8 Å². The molecule has 4 rings (SSSR count). The van der Waals surface area contributed by atoms with E-state index in [1.807, 2.05) is 59.5 Å². The summed E-state index contributed by atoms with van der Waals surface area (Å²) < 4.78 is 0. The highest BCUT2D eigenvalue weighted by molar-refractivity contribution is 8.00. The second kappa shape index (κ2) is 10.5. The van der Waals surface area contributed by atoms with Gasteiger partial charge in [-0.2, -0.15) is 0 Å². The van der Waals surface area contributed by atoms with Crippen LogP contribution in [0.4, 0.5) is 0 Å². The van der Waals surface area contributed by atoms with Crippen LogP contribution in [-0.4, -0.2) is 29.0 Å². The van der Waals surface area contributed by atoms with Gasteiger partial charge in [-0.1, -0.05) is 72.3 Å². The van der Waals surface area contributed by atoms with Crippen LogP contribution in [0.25, 0.3) is 0 Å². The number of carbonyl (C=O) groups is 2. The number of carbonyl (C=O) groups excluding carboxylic acids is 2. The Morgan fingerprint density at radius 3 is 2.50 bits per heavy atom. The predicted octanol–water partition coefficient (Wildman–Crippen LogP) is 5.13. The molecule has 3 aromatic carbocycles. The van der Waals surface area contributed by atoms with Gasteiger partial charge in [-0.05, 0) is 48.6 Å². The third kappa shape index (κ3) is 5.60. The molecule has 5 heteroatoms. The molecule has 0 bridgehead atoms. The van der Waals surface area contributed by atoms with Gasteiger partial charge in [0.05, 0.1) is 5.75 Å². The SMILES string of the molecule is Cc1cccc(CCCNC(=O)c2ccc([C@H]3SCC(=O)N3Cc3ccccc3)cc2)c1. The molecule has 0 saturated carbocycles. The minimum atomic E-state index is -0.0583. The van der Waals surface area contributed by atoms with Crippen molar-refractivity contribution in [3.63, 3.8) is 0 Å². The first kappa shape index (κ1) is 22.2. The maximum atomic E-state index is 12.5. The fourth-order valence-corrected chi connectivity index (χ4v) is 5.13. The van der Waals surface area contributed by atoms with E-state index in [-0.39, 0.29) is 17.2 Å². The summed E-state index contributed by atoms with van der Waals surface area (Å²) in [4.78, 5) is 26.9. The first-order valence-electron chi connectivity index (χ1n) is 11.0. The average molecular weight is 445 g/mol. The van der Waals surface area contributed by atoms with Gasteiger partial charge >= 0.3 is 0 Å². The van der Waals surface area contributed by atoms with Crippen LogP contribution in [0, 0.1) is 6.92 Å². The van der Waals surface area contributed by atoms with Crippen molar-refractivity contribution >= 4 is 23.6 Å². The van der Waals surface area contributed by atoms with Crippen molar-refractivity contribution in [3.05, 3.63) is 107 Å². The maximum absolute atomic E-state index is 12.5. The van der Waals surface area contributed by atoms with Gasteiger partial charge in [0.2, 0.25) is 5.91 Å². The minimum absolute atomic E-state index is 0.0193. The standard InChI is InChI=1S/C27H28N2O2S/c1-20-7-5-10-21(17-20)11-6-16-28-26(31)23-12-14-24(15-13-23)27-29(25(30)19-32-27)18-22-8-3-2-4-9-22/h2-5,7-10,12-15,17,27H,6,11,16,18-19H2,1H3,(H,28,31)/t27-/m1/s1. The summed E-state index contributed by atoms with van der Waals surface area (Å²) >= 11 is 1.64. The Morgan fingerprint density at radius 2 is 1.75 bits per heavy atom. The molecule has 1 N–H and O–H groups in total. The van der Waals surface area contributed by atoms with Crippen molar-refractivity contribution in [1.82, 2.24) is 10.2 Å². The summed E-state index contributed by atoms with van der Waals surface area (Å²) in [6.45, 7) is 3.34. The molecule has 1 saturated heterocycles. The molecule has 0 aromatic heterocycles. The summed E-state index contributed by atoms with van der Waals surface area (Å²) in [6.07, 6.45) is 1.85. The minimum Gasteiger partial charge on any atom is -0.352 e. The van der Waals surface area contributed by atoms with Crippen molar-refractivity contribution in [2.24, 2.45) is 0 Å². The molecule has 164 valence electrons. The normalized spacial score (nSPS) is 15.7. The lowest BCUT2D eigenvalue weighted by Crippen LogP contribution is -2.28. The largest absolute Gasteiger partial charge is 0.352 e. The first-order chi connectivity index (χ1) is 15.6. The van der Waals surface area contributed by atoms with Crippen molar-refractivity contribution in [2.45, 2.75) is 31.7 Å². The average Bonchev–Trinajstić information content (AvgIpc) is 3.17. The van der Waals surface area contributed by atoms with Gasteiger partial charge in [0.1, 0.15) is 5.37 Å². The van der Waals surface area contributed by atoms with Gasteiger partial charge in [-0.3, -0.25) is 9.59 Å². The molecule has 4 nitrogen and oxygen atoms in total. The van der Waals surface area contributed by atoms with Gasteiger partial charge in [0.15, 0.2) is 0 Å². The van der Waals surface area contributed by atoms with Gasteiger partial charge < -0.3 is 10.2 Å². The first-order valence-corrected chi connectivity index (χ1v) is 12.0. The number of nitrogens with zero attached hydrogens (tertiary/aromatic N) is 1. The Kier molecular flexibility index (Phi) is 7.28. The van der Waals surface area contributed by atoms with Crippen LogP contribution in [0.1, 0.15) is 44.4 Å². The van der Waals surface area contributed by atoms with Crippen LogP contribution in [-0.2, 0) is 17.8 Å². The molecule has 0 unspecified atom stereocenters. The van der Waals surface area contributed by atoms with E-state index in [1.54, 1.807) is 11.8 Å². The quantitative estimate of drug-likeness (QED) is 0.490. The number of benzene rings is 3. The molecule has 1 fully saturated rings. The van der Waals surface area contributed by atoms with Crippen molar-refractivity contribution < 1.29 is 9.59 Å². The lowest BCUT2D eigenvalue weighted by Gasteiger charge is -2.24. The van der Waals surface area contributed by atoms with Crippen LogP contribution in [0.15, 0.2) is 78.9 Å².